The summed E-state index contributed by atoms with van der Waals surface area (Å²) in [6.07, 6.45) is 3.41. The molecule has 7 nitrogen and oxygen atoms in total. The highest BCUT2D eigenvalue weighted by atomic mass is 35.5. The molecule has 0 radical (unpaired) electrons. The highest BCUT2D eigenvalue weighted by Gasteiger charge is 2.16. The molecule has 0 amide bonds. The third kappa shape index (κ3) is 3.43. The molecular formula is C12H17ClN6O. The molecule has 0 atom stereocenters. The SMILES string of the molecule is COCCN(c1nc(Cl)nc(-n2cccn2)n1)C(C)C. The van der Waals surface area contributed by atoms with E-state index in [9.17, 15) is 0 Å². The second kappa shape index (κ2) is 6.62. The molecule has 0 aliphatic carbocycles. The summed E-state index contributed by atoms with van der Waals surface area (Å²) in [4.78, 5) is 14.7. The molecular weight excluding hydrogens is 280 g/mol. The zero-order valence-electron chi connectivity index (χ0n) is 11.7. The number of methoxy groups -OCH3 is 1. The van der Waals surface area contributed by atoms with Crippen molar-refractivity contribution in [1.82, 2.24) is 24.7 Å². The lowest BCUT2D eigenvalue weighted by Gasteiger charge is -2.26. The number of anilines is 1. The first kappa shape index (κ1) is 14.7. The number of hydrogen-bond acceptors (Lipinski definition) is 6. The van der Waals surface area contributed by atoms with Crippen molar-refractivity contribution in [2.75, 3.05) is 25.2 Å². The average molecular weight is 297 g/mol. The third-order valence-corrected chi connectivity index (χ3v) is 2.88. The van der Waals surface area contributed by atoms with E-state index in [0.29, 0.717) is 25.0 Å². The zero-order valence-corrected chi connectivity index (χ0v) is 12.4. The molecule has 8 heteroatoms. The molecule has 0 unspecified atom stereocenters. The molecule has 0 aliphatic rings. The Balaban J connectivity index is 2.34. The van der Waals surface area contributed by atoms with Gasteiger partial charge < -0.3 is 9.64 Å². The van der Waals surface area contributed by atoms with E-state index in [4.69, 9.17) is 16.3 Å². The Morgan fingerprint density at radius 2 is 2.15 bits per heavy atom. The lowest BCUT2D eigenvalue weighted by Crippen LogP contribution is -2.35. The van der Waals surface area contributed by atoms with E-state index in [2.05, 4.69) is 33.9 Å². The summed E-state index contributed by atoms with van der Waals surface area (Å²) in [5.41, 5.74) is 0. The molecule has 2 rings (SSSR count). The summed E-state index contributed by atoms with van der Waals surface area (Å²) < 4.78 is 6.66. The van der Waals surface area contributed by atoms with E-state index < -0.39 is 0 Å². The maximum absolute atomic E-state index is 5.99. The molecule has 2 heterocycles. The van der Waals surface area contributed by atoms with Gasteiger partial charge in [0.05, 0.1) is 6.61 Å². The van der Waals surface area contributed by atoms with Gasteiger partial charge in [-0.2, -0.15) is 20.1 Å². The van der Waals surface area contributed by atoms with Crippen molar-refractivity contribution in [2.24, 2.45) is 0 Å². The van der Waals surface area contributed by atoms with Crippen molar-refractivity contribution >= 4 is 17.5 Å². The Kier molecular flexibility index (Phi) is 4.86. The normalized spacial score (nSPS) is 11.1. The average Bonchev–Trinajstić information content (AvgIpc) is 2.92. The number of halogens is 1. The van der Waals surface area contributed by atoms with Crippen LogP contribution in [0.15, 0.2) is 18.5 Å². The smallest absolute Gasteiger partial charge is 0.256 e. The van der Waals surface area contributed by atoms with Gasteiger partial charge in [0.25, 0.3) is 5.95 Å². The topological polar surface area (TPSA) is 69.0 Å². The minimum Gasteiger partial charge on any atom is -0.383 e. The van der Waals surface area contributed by atoms with E-state index in [1.54, 1.807) is 30.3 Å². The highest BCUT2D eigenvalue weighted by Crippen LogP contribution is 2.15. The van der Waals surface area contributed by atoms with Crippen LogP contribution in [-0.2, 0) is 4.74 Å². The first-order valence-corrected chi connectivity index (χ1v) is 6.66. The van der Waals surface area contributed by atoms with E-state index in [1.165, 1.54) is 0 Å². The van der Waals surface area contributed by atoms with Crippen LogP contribution in [-0.4, -0.2) is 51.0 Å². The number of ether oxygens (including phenoxy) is 1. The van der Waals surface area contributed by atoms with Gasteiger partial charge >= 0.3 is 0 Å². The van der Waals surface area contributed by atoms with Crippen LogP contribution in [0.1, 0.15) is 13.8 Å². The standard InChI is InChI=1S/C12H17ClN6O/c1-9(2)18(7-8-20-3)11-15-10(13)16-12(17-11)19-6-4-5-14-19/h4-6,9H,7-8H2,1-3H3. The van der Waals surface area contributed by atoms with Gasteiger partial charge in [-0.25, -0.2) is 4.68 Å². The van der Waals surface area contributed by atoms with Gasteiger partial charge in [-0.05, 0) is 31.5 Å². The predicted molar refractivity (Wildman–Crippen MR) is 76.3 cm³/mol. The van der Waals surface area contributed by atoms with Gasteiger partial charge in [0.15, 0.2) is 0 Å². The van der Waals surface area contributed by atoms with E-state index >= 15 is 0 Å². The van der Waals surface area contributed by atoms with Crippen LogP contribution >= 0.6 is 11.6 Å². The molecule has 2 aromatic heterocycles. The third-order valence-electron chi connectivity index (χ3n) is 2.71. The van der Waals surface area contributed by atoms with Crippen LogP contribution < -0.4 is 4.90 Å². The van der Waals surface area contributed by atoms with Gasteiger partial charge in [0.1, 0.15) is 0 Å². The number of nitrogens with zero attached hydrogens (tertiary/aromatic N) is 6. The molecule has 2 aromatic rings. The summed E-state index contributed by atoms with van der Waals surface area (Å²) in [7, 11) is 1.66. The molecule has 0 aliphatic heterocycles. The monoisotopic (exact) mass is 296 g/mol. The largest absolute Gasteiger partial charge is 0.383 e. The van der Waals surface area contributed by atoms with Crippen LogP contribution in [0.5, 0.6) is 0 Å². The molecule has 0 spiro atoms. The first-order chi connectivity index (χ1) is 9.61. The second-order valence-corrected chi connectivity index (χ2v) is 4.77. The maximum Gasteiger partial charge on any atom is 0.256 e. The van der Waals surface area contributed by atoms with Crippen molar-refractivity contribution in [2.45, 2.75) is 19.9 Å². The van der Waals surface area contributed by atoms with Crippen LogP contribution in [0.4, 0.5) is 5.95 Å². The maximum atomic E-state index is 5.99. The molecule has 0 saturated carbocycles. The lowest BCUT2D eigenvalue weighted by atomic mass is 10.3. The van der Waals surface area contributed by atoms with Crippen LogP contribution in [0, 0.1) is 0 Å². The molecule has 0 bridgehead atoms. The van der Waals surface area contributed by atoms with Crippen LogP contribution in [0.25, 0.3) is 5.95 Å². The minimum absolute atomic E-state index is 0.142. The Morgan fingerprint density at radius 3 is 2.75 bits per heavy atom. The number of hydrogen-bond donors (Lipinski definition) is 0. The van der Waals surface area contributed by atoms with Crippen molar-refractivity contribution in [3.8, 4) is 5.95 Å². The fraction of sp³-hybridized carbons (Fsp3) is 0.500. The summed E-state index contributed by atoms with van der Waals surface area (Å²) in [5, 5.41) is 4.24. The predicted octanol–water partition coefficient (Wildman–Crippen LogP) is 1.57. The van der Waals surface area contributed by atoms with Crippen molar-refractivity contribution in [3.63, 3.8) is 0 Å². The highest BCUT2D eigenvalue weighted by molar-refractivity contribution is 6.28. The van der Waals surface area contributed by atoms with Crippen LogP contribution in [0.3, 0.4) is 0 Å². The molecule has 0 saturated heterocycles. The van der Waals surface area contributed by atoms with Gasteiger partial charge in [-0.15, -0.1) is 0 Å². The zero-order chi connectivity index (χ0) is 14.5. The summed E-state index contributed by atoms with van der Waals surface area (Å²) in [6, 6.07) is 2.01. The summed E-state index contributed by atoms with van der Waals surface area (Å²) >= 11 is 5.99. The Labute approximate surface area is 122 Å². The summed E-state index contributed by atoms with van der Waals surface area (Å²) in [5.74, 6) is 0.913. The fourth-order valence-electron chi connectivity index (χ4n) is 1.73. The molecule has 108 valence electrons. The lowest BCUT2D eigenvalue weighted by molar-refractivity contribution is 0.203. The molecule has 20 heavy (non-hydrogen) atoms. The molecule has 0 N–H and O–H groups in total. The molecule has 0 fully saturated rings. The fourth-order valence-corrected chi connectivity index (χ4v) is 1.88. The van der Waals surface area contributed by atoms with Gasteiger partial charge in [-0.3, -0.25) is 0 Å². The van der Waals surface area contributed by atoms with Gasteiger partial charge in [-0.1, -0.05) is 0 Å². The van der Waals surface area contributed by atoms with Crippen LogP contribution in [0.2, 0.25) is 5.28 Å². The van der Waals surface area contributed by atoms with E-state index in [-0.39, 0.29) is 11.3 Å². The van der Waals surface area contributed by atoms with Gasteiger partial charge in [0.2, 0.25) is 11.2 Å². The Bertz CT molecular complexity index is 545. The Hall–Kier alpha value is -1.73. The first-order valence-electron chi connectivity index (χ1n) is 6.29. The van der Waals surface area contributed by atoms with Gasteiger partial charge in [0, 0.05) is 32.1 Å². The number of rotatable bonds is 6. The second-order valence-electron chi connectivity index (χ2n) is 4.44. The summed E-state index contributed by atoms with van der Waals surface area (Å²) in [6.45, 7) is 5.37. The van der Waals surface area contributed by atoms with Crippen molar-refractivity contribution < 1.29 is 4.74 Å². The van der Waals surface area contributed by atoms with E-state index in [0.717, 1.165) is 0 Å². The van der Waals surface area contributed by atoms with Crippen molar-refractivity contribution in [1.29, 1.82) is 0 Å². The minimum atomic E-state index is 0.142. The Morgan fingerprint density at radius 1 is 1.35 bits per heavy atom. The number of aromatic nitrogens is 5. The van der Waals surface area contributed by atoms with Crippen molar-refractivity contribution in [3.05, 3.63) is 23.7 Å². The van der Waals surface area contributed by atoms with E-state index in [1.807, 2.05) is 4.90 Å². The quantitative estimate of drug-likeness (QED) is 0.806. The molecule has 0 aromatic carbocycles.